The number of benzene rings is 5. The van der Waals surface area contributed by atoms with Crippen LogP contribution in [0.4, 0.5) is 0 Å². The van der Waals surface area contributed by atoms with Gasteiger partial charge in [0.25, 0.3) is 0 Å². The molecule has 5 atom stereocenters. The molecule has 1 saturated heterocycles. The van der Waals surface area contributed by atoms with Gasteiger partial charge in [-0.25, -0.2) is 27.6 Å². The van der Waals surface area contributed by atoms with Crippen LogP contribution in [0, 0.1) is 6.92 Å². The summed E-state index contributed by atoms with van der Waals surface area (Å²) in [6.45, 7) is 1.22. The molecule has 5 aromatic carbocycles. The highest BCUT2D eigenvalue weighted by molar-refractivity contribution is 8.72. The largest absolute Gasteiger partial charge is 0.459 e. The maximum Gasteiger partial charge on any atom is 0.338 e. The van der Waals surface area contributed by atoms with Crippen molar-refractivity contribution in [3.8, 4) is 0 Å². The van der Waals surface area contributed by atoms with Gasteiger partial charge in [-0.3, -0.25) is 0 Å². The molecule has 276 valence electrons. The van der Waals surface area contributed by atoms with Crippen molar-refractivity contribution >= 4 is 43.5 Å². The van der Waals surface area contributed by atoms with Crippen molar-refractivity contribution in [3.05, 3.63) is 173 Å². The first kappa shape index (κ1) is 38.0. The molecule has 1 fully saturated rings. The highest BCUT2D eigenvalue weighted by Gasteiger charge is 2.54. The van der Waals surface area contributed by atoms with Crippen molar-refractivity contribution in [2.75, 3.05) is 6.61 Å². The van der Waals surface area contributed by atoms with Crippen LogP contribution in [-0.4, -0.2) is 68.8 Å². The lowest BCUT2D eigenvalue weighted by Crippen LogP contribution is -2.62. The van der Waals surface area contributed by atoms with Gasteiger partial charge in [-0.1, -0.05) is 90.5 Å². The van der Waals surface area contributed by atoms with E-state index in [-0.39, 0.29) is 27.1 Å². The van der Waals surface area contributed by atoms with Crippen LogP contribution in [-0.2, 0) is 32.6 Å². The molecule has 0 unspecified atom stereocenters. The lowest BCUT2D eigenvalue weighted by molar-refractivity contribution is -0.207. The third-order valence-corrected chi connectivity index (χ3v) is 11.8. The smallest absolute Gasteiger partial charge is 0.338 e. The van der Waals surface area contributed by atoms with Crippen molar-refractivity contribution in [2.24, 2.45) is 0 Å². The number of ether oxygens (including phenoxy) is 5. The van der Waals surface area contributed by atoms with Gasteiger partial charge in [0.15, 0.2) is 23.7 Å². The Kier molecular flexibility index (Phi) is 12.2. The van der Waals surface area contributed by atoms with E-state index in [4.69, 9.17) is 23.7 Å². The van der Waals surface area contributed by atoms with E-state index < -0.39 is 69.2 Å². The Morgan fingerprint density at radius 3 is 1.37 bits per heavy atom. The van der Waals surface area contributed by atoms with Gasteiger partial charge in [0.1, 0.15) is 12.7 Å². The van der Waals surface area contributed by atoms with Crippen molar-refractivity contribution in [3.63, 3.8) is 0 Å². The molecule has 0 aliphatic carbocycles. The molecule has 1 aliphatic rings. The summed E-state index contributed by atoms with van der Waals surface area (Å²) in [5, 5.41) is 0. The zero-order valence-corrected chi connectivity index (χ0v) is 30.4. The summed E-state index contributed by atoms with van der Waals surface area (Å²) in [7, 11) is -3.94. The summed E-state index contributed by atoms with van der Waals surface area (Å²) < 4.78 is 57.8. The van der Waals surface area contributed by atoms with Crippen LogP contribution in [0.25, 0.3) is 0 Å². The van der Waals surface area contributed by atoms with Crippen molar-refractivity contribution in [2.45, 2.75) is 41.7 Å². The van der Waals surface area contributed by atoms with Crippen LogP contribution in [0.2, 0.25) is 0 Å². The van der Waals surface area contributed by atoms with Crippen molar-refractivity contribution in [1.82, 2.24) is 0 Å². The number of carbonyl (C=O) groups excluding carboxylic acids is 4. The summed E-state index contributed by atoms with van der Waals surface area (Å²) in [5.41, 5.74) is -0.243. The highest BCUT2D eigenvalue weighted by Crippen LogP contribution is 2.39. The molecule has 11 nitrogen and oxygen atoms in total. The maximum atomic E-state index is 13.9. The second-order valence-electron chi connectivity index (χ2n) is 12.1. The van der Waals surface area contributed by atoms with E-state index in [1.165, 1.54) is 60.7 Å². The van der Waals surface area contributed by atoms with Crippen LogP contribution in [0.15, 0.2) is 150 Å². The van der Waals surface area contributed by atoms with E-state index in [1.54, 1.807) is 91.9 Å². The number of aryl methyl sites for hydroxylation is 1. The first-order chi connectivity index (χ1) is 26.1. The monoisotopic (exact) mass is 766 g/mol. The number of esters is 4. The lowest BCUT2D eigenvalue weighted by atomic mass is 9.98. The third kappa shape index (κ3) is 9.42. The van der Waals surface area contributed by atoms with Gasteiger partial charge in [0.05, 0.1) is 27.1 Å². The highest BCUT2D eigenvalue weighted by atomic mass is 33.1. The van der Waals surface area contributed by atoms with Crippen LogP contribution >= 0.6 is 10.8 Å². The van der Waals surface area contributed by atoms with Crippen LogP contribution in [0.1, 0.15) is 47.0 Å². The zero-order valence-electron chi connectivity index (χ0n) is 28.8. The molecular weight excluding hydrogens is 733 g/mol. The van der Waals surface area contributed by atoms with Crippen LogP contribution < -0.4 is 0 Å². The van der Waals surface area contributed by atoms with Gasteiger partial charge in [0, 0.05) is 10.8 Å². The predicted molar refractivity (Wildman–Crippen MR) is 198 cm³/mol. The number of carbonyl (C=O) groups is 4. The summed E-state index contributed by atoms with van der Waals surface area (Å²) in [5.74, 6) is -3.41. The molecule has 0 spiro atoms. The Morgan fingerprint density at radius 2 is 0.926 bits per heavy atom. The summed E-state index contributed by atoms with van der Waals surface area (Å²) in [6.07, 6.45) is -6.40. The standard InChI is InChI=1S/C41H34O11S2/c1-27-22-24-32(25-23-27)54(46,47)53-41-36(52-40(45)31-20-12-5-13-21-31)35(51-39(44)30-18-10-4-11-19-30)34(50-38(43)29-16-8-3-9-17-29)33(49-41)26-48-37(42)28-14-6-2-7-15-28/h2-25,33-36,41H,26H2,1H3/t33-,34+,35+,36-,41+/m1/s1. The second-order valence-corrected chi connectivity index (χ2v) is 16.0. The molecule has 0 radical (unpaired) electrons. The average molecular weight is 767 g/mol. The molecule has 54 heavy (non-hydrogen) atoms. The van der Waals surface area contributed by atoms with Crippen molar-refractivity contribution < 1.29 is 51.3 Å². The Balaban J connectivity index is 1.44. The van der Waals surface area contributed by atoms with Gasteiger partial charge in [0.2, 0.25) is 8.87 Å². The fourth-order valence-electron chi connectivity index (χ4n) is 5.49. The van der Waals surface area contributed by atoms with E-state index >= 15 is 0 Å². The van der Waals surface area contributed by atoms with E-state index in [2.05, 4.69) is 0 Å². The minimum atomic E-state index is -4.25. The number of hydrogen-bond donors (Lipinski definition) is 0. The molecule has 0 amide bonds. The molecule has 6 rings (SSSR count). The average Bonchev–Trinajstić information content (AvgIpc) is 3.20. The molecule has 1 heterocycles. The van der Waals surface area contributed by atoms with Crippen molar-refractivity contribution in [1.29, 1.82) is 0 Å². The van der Waals surface area contributed by atoms with Gasteiger partial charge in [-0.2, -0.15) is 0 Å². The van der Waals surface area contributed by atoms with Crippen LogP contribution in [0.5, 0.6) is 0 Å². The predicted octanol–water partition coefficient (Wildman–Crippen LogP) is 6.68. The Bertz CT molecular complexity index is 2160. The fourth-order valence-corrected chi connectivity index (χ4v) is 8.71. The summed E-state index contributed by atoms with van der Waals surface area (Å²) in [4.78, 5) is 54.2. The maximum absolute atomic E-state index is 13.9. The number of hydrogen-bond acceptors (Lipinski definition) is 12. The topological polar surface area (TPSA) is 149 Å². The zero-order chi connectivity index (χ0) is 38.1. The first-order valence-electron chi connectivity index (χ1n) is 16.7. The molecule has 0 aromatic heterocycles. The Morgan fingerprint density at radius 1 is 0.537 bits per heavy atom. The van der Waals surface area contributed by atoms with Gasteiger partial charge >= 0.3 is 23.9 Å². The lowest BCUT2D eigenvalue weighted by Gasteiger charge is -2.44. The quantitative estimate of drug-likeness (QED) is 0.0758. The number of rotatable bonds is 12. The molecule has 0 saturated carbocycles. The third-order valence-electron chi connectivity index (χ3n) is 8.27. The Hall–Kier alpha value is -5.76. The Labute approximate surface area is 315 Å². The molecule has 1 aliphatic heterocycles. The molecule has 13 heteroatoms. The summed E-state index contributed by atoms with van der Waals surface area (Å²) >= 11 is 0. The summed E-state index contributed by atoms with van der Waals surface area (Å²) in [6, 6.07) is 37.9. The minimum Gasteiger partial charge on any atom is -0.459 e. The van der Waals surface area contributed by atoms with Crippen LogP contribution in [0.3, 0.4) is 0 Å². The van der Waals surface area contributed by atoms with E-state index in [0.29, 0.717) is 10.8 Å². The second kappa shape index (κ2) is 17.4. The molecular formula is C41H34O11S2. The fraction of sp³-hybridized carbons (Fsp3) is 0.171. The minimum absolute atomic E-state index is 0.0719. The SMILES string of the molecule is Cc1ccc(S(=O)(=O)S[C@@H]2O[C@H](COC(=O)c3ccccc3)[C@H](OC(=O)c3ccccc3)[C@H](OC(=O)c3ccccc3)[C@H]2OC(=O)c2ccccc2)cc1. The van der Waals surface area contributed by atoms with E-state index in [0.717, 1.165) is 5.56 Å². The normalized spacial score (nSPS) is 19.5. The van der Waals surface area contributed by atoms with Gasteiger partial charge in [-0.05, 0) is 67.6 Å². The molecule has 0 N–H and O–H groups in total. The molecule has 0 bridgehead atoms. The molecule has 5 aromatic rings. The van der Waals surface area contributed by atoms with Gasteiger partial charge in [-0.15, -0.1) is 0 Å². The van der Waals surface area contributed by atoms with E-state index in [1.807, 2.05) is 0 Å². The van der Waals surface area contributed by atoms with Gasteiger partial charge < -0.3 is 23.7 Å². The van der Waals surface area contributed by atoms with E-state index in [9.17, 15) is 27.6 Å². The first-order valence-corrected chi connectivity index (χ1v) is 19.6.